The molecule has 1 aliphatic heterocycles. The molecule has 8 heteroatoms. The summed E-state index contributed by atoms with van der Waals surface area (Å²) in [4.78, 5) is 7.97. The summed E-state index contributed by atoms with van der Waals surface area (Å²) in [6.45, 7) is 2.85. The lowest BCUT2D eigenvalue weighted by Gasteiger charge is -2.32. The predicted octanol–water partition coefficient (Wildman–Crippen LogP) is 0.431. The smallest absolute Gasteiger partial charge is 0.196 e. The molecular weight excluding hydrogens is 265 g/mol. The number of aromatic nitrogens is 4. The normalized spacial score (nSPS) is 33.9. The molecule has 1 aliphatic rings. The molecule has 0 amide bonds. The van der Waals surface area contributed by atoms with E-state index in [9.17, 15) is 9.50 Å². The molecule has 0 aliphatic carbocycles. The largest absolute Gasteiger partial charge is 0.394 e. The Hall–Kier alpha value is -1.80. The highest BCUT2D eigenvalue weighted by atomic mass is 19.1. The monoisotopic (exact) mass is 281 g/mol. The highest BCUT2D eigenvalue weighted by molar-refractivity contribution is 5.59. The number of nitrogens with two attached hydrogens (primary N) is 1. The van der Waals surface area contributed by atoms with E-state index >= 15 is 0 Å². The number of hydrogen-bond donors (Lipinski definition) is 2. The Bertz CT molecular complexity index is 658. The Kier molecular flexibility index (Phi) is 2.70. The van der Waals surface area contributed by atoms with Crippen molar-refractivity contribution in [3.8, 4) is 0 Å². The lowest BCUT2D eigenvalue weighted by molar-refractivity contribution is -0.0989. The van der Waals surface area contributed by atoms with E-state index in [-0.39, 0.29) is 18.8 Å². The molecule has 3 N–H and O–H groups in total. The molecule has 0 saturated carbocycles. The van der Waals surface area contributed by atoms with Gasteiger partial charge in [-0.25, -0.2) is 18.9 Å². The Morgan fingerprint density at radius 2 is 2.30 bits per heavy atom. The number of aliphatic hydroxyl groups is 1. The molecule has 3 atom stereocenters. The average molecular weight is 281 g/mol. The van der Waals surface area contributed by atoms with Crippen LogP contribution in [0, 0.1) is 0 Å². The molecule has 0 unspecified atom stereocenters. The third-order valence-corrected chi connectivity index (χ3v) is 4.03. The maximum atomic E-state index is 14.9. The number of imidazole rings is 1. The first kappa shape index (κ1) is 13.2. The fraction of sp³-hybridized carbons (Fsp3) is 0.583. The van der Waals surface area contributed by atoms with E-state index in [1.807, 2.05) is 0 Å². The van der Waals surface area contributed by atoms with E-state index in [4.69, 9.17) is 10.5 Å². The number of nitrogens with zero attached hydrogens (tertiary/aromatic N) is 4. The van der Waals surface area contributed by atoms with Crippen LogP contribution in [-0.4, -0.2) is 43.1 Å². The van der Waals surface area contributed by atoms with Gasteiger partial charge in [-0.05, 0) is 13.8 Å². The summed E-state index contributed by atoms with van der Waals surface area (Å²) in [5, 5.41) is 13.3. The summed E-state index contributed by atoms with van der Waals surface area (Å²) in [6, 6.07) is 0. The van der Waals surface area contributed by atoms with Gasteiger partial charge >= 0.3 is 0 Å². The minimum absolute atomic E-state index is 0.105. The van der Waals surface area contributed by atoms with Crippen LogP contribution < -0.4 is 5.73 Å². The van der Waals surface area contributed by atoms with Crippen molar-refractivity contribution < 1.29 is 14.2 Å². The Labute approximate surface area is 114 Å². The van der Waals surface area contributed by atoms with Crippen LogP contribution in [0.4, 0.5) is 10.2 Å². The second-order valence-corrected chi connectivity index (χ2v) is 5.38. The highest BCUT2D eigenvalue weighted by Gasteiger charge is 2.57. The van der Waals surface area contributed by atoms with Crippen LogP contribution in [0.2, 0.25) is 0 Å². The summed E-state index contributed by atoms with van der Waals surface area (Å²) < 4.78 is 22.1. The number of hydrogen-bond acceptors (Lipinski definition) is 6. The highest BCUT2D eigenvalue weighted by Crippen LogP contribution is 2.48. The number of nitrogen functional groups attached to an aromatic ring is 1. The predicted molar refractivity (Wildman–Crippen MR) is 68.6 cm³/mol. The number of alkyl halides is 1. The summed E-state index contributed by atoms with van der Waals surface area (Å²) >= 11 is 0. The van der Waals surface area contributed by atoms with Crippen molar-refractivity contribution in [3.05, 3.63) is 18.2 Å². The van der Waals surface area contributed by atoms with Crippen LogP contribution >= 0.6 is 0 Å². The summed E-state index contributed by atoms with van der Waals surface area (Å²) in [5.41, 5.74) is 3.61. The van der Waals surface area contributed by atoms with E-state index in [0.29, 0.717) is 11.3 Å². The molecule has 1 saturated heterocycles. The van der Waals surface area contributed by atoms with Crippen LogP contribution in [0.25, 0.3) is 5.65 Å². The molecule has 3 heterocycles. The van der Waals surface area contributed by atoms with Gasteiger partial charge < -0.3 is 15.6 Å². The molecule has 0 aromatic carbocycles. The van der Waals surface area contributed by atoms with E-state index < -0.39 is 17.4 Å². The minimum atomic E-state index is -1.66. The van der Waals surface area contributed by atoms with Gasteiger partial charge in [-0.2, -0.15) is 5.10 Å². The third-order valence-electron chi connectivity index (χ3n) is 4.03. The summed E-state index contributed by atoms with van der Waals surface area (Å²) in [6.07, 6.45) is 2.32. The van der Waals surface area contributed by atoms with E-state index in [0.717, 1.165) is 0 Å². The number of aliphatic hydroxyl groups excluding tert-OH is 1. The molecule has 0 bridgehead atoms. The van der Waals surface area contributed by atoms with Gasteiger partial charge in [0.25, 0.3) is 0 Å². The zero-order valence-electron chi connectivity index (χ0n) is 11.2. The lowest BCUT2D eigenvalue weighted by Crippen LogP contribution is -2.41. The van der Waals surface area contributed by atoms with Gasteiger partial charge in [0, 0.05) is 6.42 Å². The second kappa shape index (κ2) is 4.10. The van der Waals surface area contributed by atoms with Gasteiger partial charge in [0.2, 0.25) is 0 Å². The number of rotatable bonds is 2. The molecular formula is C12H16FN5O2. The maximum absolute atomic E-state index is 14.9. The standard InChI is InChI=1S/C12H16FN5O2/c1-11(13)3-7(5-19)20-12(11,2)8-4-15-10-9(14)16-6-17-18(8)10/h4,6-7,19H,3,5H2,1-2H3,(H2,14,16,17)/t7-,11+,12-/m0/s1. The van der Waals surface area contributed by atoms with Crippen molar-refractivity contribution >= 4 is 11.5 Å². The van der Waals surface area contributed by atoms with Crippen LogP contribution in [0.5, 0.6) is 0 Å². The van der Waals surface area contributed by atoms with Crippen LogP contribution in [0.1, 0.15) is 26.0 Å². The number of halogens is 1. The fourth-order valence-electron chi connectivity index (χ4n) is 2.71. The molecule has 0 spiro atoms. The van der Waals surface area contributed by atoms with Crippen molar-refractivity contribution in [2.24, 2.45) is 0 Å². The van der Waals surface area contributed by atoms with Crippen molar-refractivity contribution in [2.75, 3.05) is 12.3 Å². The van der Waals surface area contributed by atoms with Crippen LogP contribution in [0.15, 0.2) is 12.5 Å². The molecule has 7 nitrogen and oxygen atoms in total. The van der Waals surface area contributed by atoms with Crippen molar-refractivity contribution in [2.45, 2.75) is 37.6 Å². The average Bonchev–Trinajstić information content (AvgIpc) is 2.91. The maximum Gasteiger partial charge on any atom is 0.196 e. The van der Waals surface area contributed by atoms with Gasteiger partial charge in [0.05, 0.1) is 24.6 Å². The second-order valence-electron chi connectivity index (χ2n) is 5.38. The first-order valence-electron chi connectivity index (χ1n) is 6.31. The SMILES string of the molecule is C[C@@]1(c2cnc3c(N)ncnn23)O[C@H](CO)C[C@@]1(C)F. The van der Waals surface area contributed by atoms with E-state index in [2.05, 4.69) is 15.1 Å². The Balaban J connectivity index is 2.17. The van der Waals surface area contributed by atoms with E-state index in [1.165, 1.54) is 24.0 Å². The lowest BCUT2D eigenvalue weighted by atomic mass is 9.84. The molecule has 2 aromatic rings. The van der Waals surface area contributed by atoms with Gasteiger partial charge in [-0.3, -0.25) is 0 Å². The molecule has 1 fully saturated rings. The van der Waals surface area contributed by atoms with Crippen molar-refractivity contribution in [1.82, 2.24) is 19.6 Å². The summed E-state index contributed by atoms with van der Waals surface area (Å²) in [7, 11) is 0. The Morgan fingerprint density at radius 3 is 2.95 bits per heavy atom. The van der Waals surface area contributed by atoms with Gasteiger partial charge in [0.1, 0.15) is 17.6 Å². The third kappa shape index (κ3) is 1.61. The van der Waals surface area contributed by atoms with Gasteiger partial charge in [-0.1, -0.05) is 0 Å². The van der Waals surface area contributed by atoms with E-state index in [1.54, 1.807) is 6.92 Å². The van der Waals surface area contributed by atoms with Crippen LogP contribution in [-0.2, 0) is 10.3 Å². The van der Waals surface area contributed by atoms with Crippen molar-refractivity contribution in [3.63, 3.8) is 0 Å². The summed E-state index contributed by atoms with van der Waals surface area (Å²) in [5.74, 6) is 0.215. The van der Waals surface area contributed by atoms with Crippen LogP contribution in [0.3, 0.4) is 0 Å². The molecule has 3 rings (SSSR count). The zero-order chi connectivity index (χ0) is 14.5. The number of anilines is 1. The molecule has 2 aromatic heterocycles. The first-order chi connectivity index (χ1) is 9.39. The fourth-order valence-corrected chi connectivity index (χ4v) is 2.71. The number of ether oxygens (including phenoxy) is 1. The van der Waals surface area contributed by atoms with Crippen molar-refractivity contribution in [1.29, 1.82) is 0 Å². The van der Waals surface area contributed by atoms with Gasteiger partial charge in [0.15, 0.2) is 11.5 Å². The quantitative estimate of drug-likeness (QED) is 0.828. The molecule has 108 valence electrons. The molecule has 20 heavy (non-hydrogen) atoms. The van der Waals surface area contributed by atoms with Gasteiger partial charge in [-0.15, -0.1) is 0 Å². The Morgan fingerprint density at radius 1 is 1.55 bits per heavy atom. The molecule has 0 radical (unpaired) electrons. The minimum Gasteiger partial charge on any atom is -0.394 e. The number of fused-ring (bicyclic) bond motifs is 1. The first-order valence-corrected chi connectivity index (χ1v) is 6.31. The topological polar surface area (TPSA) is 98.6 Å². The zero-order valence-corrected chi connectivity index (χ0v) is 11.2.